The van der Waals surface area contributed by atoms with E-state index >= 15 is 0 Å². The summed E-state index contributed by atoms with van der Waals surface area (Å²) >= 11 is 1.43. The van der Waals surface area contributed by atoms with Gasteiger partial charge in [0, 0.05) is 11.8 Å². The van der Waals surface area contributed by atoms with Gasteiger partial charge in [0.25, 0.3) is 0 Å². The van der Waals surface area contributed by atoms with Crippen molar-refractivity contribution in [3.8, 4) is 0 Å². The Morgan fingerprint density at radius 3 is 2.63 bits per heavy atom. The maximum Gasteiger partial charge on any atom is 0.322 e. The number of hydrogen-bond donors (Lipinski definition) is 1. The van der Waals surface area contributed by atoms with Gasteiger partial charge in [-0.1, -0.05) is 32.5 Å². The van der Waals surface area contributed by atoms with Crippen molar-refractivity contribution in [1.82, 2.24) is 9.97 Å². The molecule has 1 unspecified atom stereocenters. The van der Waals surface area contributed by atoms with Gasteiger partial charge in [-0.2, -0.15) is 4.98 Å². The molecule has 106 valence electrons. The smallest absolute Gasteiger partial charge is 0.322 e. The van der Waals surface area contributed by atoms with Crippen LogP contribution in [0.5, 0.6) is 0 Å². The van der Waals surface area contributed by atoms with E-state index in [9.17, 15) is 10.1 Å². The third kappa shape index (κ3) is 4.34. The molecule has 7 heteroatoms. The normalized spacial score (nSPS) is 12.2. The number of nitrogens with zero attached hydrogens (tertiary/aromatic N) is 3. The minimum atomic E-state index is -0.399. The van der Waals surface area contributed by atoms with Crippen molar-refractivity contribution in [2.45, 2.75) is 50.8 Å². The van der Waals surface area contributed by atoms with Crippen LogP contribution in [0.25, 0.3) is 0 Å². The third-order valence-corrected chi connectivity index (χ3v) is 3.87. The number of nitrogens with one attached hydrogen (secondary N) is 1. The Kier molecular flexibility index (Phi) is 6.01. The Morgan fingerprint density at radius 2 is 2.11 bits per heavy atom. The number of aromatic nitrogens is 2. The van der Waals surface area contributed by atoms with E-state index in [1.165, 1.54) is 11.8 Å². The predicted octanol–water partition coefficient (Wildman–Crippen LogP) is 3.41. The van der Waals surface area contributed by atoms with Crippen LogP contribution in [0.3, 0.4) is 0 Å². The fourth-order valence-electron chi connectivity index (χ4n) is 1.42. The summed E-state index contributed by atoms with van der Waals surface area (Å²) in [5.74, 6) is 0.468. The third-order valence-electron chi connectivity index (χ3n) is 2.63. The minimum absolute atomic E-state index is 0.0207. The van der Waals surface area contributed by atoms with Gasteiger partial charge < -0.3 is 5.32 Å². The Hall–Kier alpha value is -1.37. The molecule has 0 spiro atoms. The highest BCUT2D eigenvalue weighted by Crippen LogP contribution is 2.33. The molecule has 0 saturated carbocycles. The fourth-order valence-corrected chi connectivity index (χ4v) is 2.44. The summed E-state index contributed by atoms with van der Waals surface area (Å²) in [5.41, 5.74) is 0.428. The lowest BCUT2D eigenvalue weighted by atomic mass is 10.4. The molecule has 0 aliphatic heterocycles. The number of thioether (sulfide) groups is 1. The molecule has 0 aliphatic carbocycles. The van der Waals surface area contributed by atoms with Crippen molar-refractivity contribution < 1.29 is 4.92 Å². The van der Waals surface area contributed by atoms with Crippen LogP contribution in [0.1, 0.15) is 39.3 Å². The zero-order valence-corrected chi connectivity index (χ0v) is 12.6. The average Bonchev–Trinajstić information content (AvgIpc) is 2.35. The minimum Gasteiger partial charge on any atom is -0.354 e. The van der Waals surface area contributed by atoms with Crippen molar-refractivity contribution in [3.63, 3.8) is 0 Å². The Labute approximate surface area is 117 Å². The predicted molar refractivity (Wildman–Crippen MR) is 77.8 cm³/mol. The van der Waals surface area contributed by atoms with E-state index < -0.39 is 4.92 Å². The van der Waals surface area contributed by atoms with Gasteiger partial charge >= 0.3 is 5.69 Å². The molecule has 1 aromatic rings. The summed E-state index contributed by atoms with van der Waals surface area (Å²) in [6, 6.07) is 0. The number of anilines is 1. The highest BCUT2D eigenvalue weighted by molar-refractivity contribution is 8.00. The van der Waals surface area contributed by atoms with Crippen LogP contribution in [0.2, 0.25) is 0 Å². The summed E-state index contributed by atoms with van der Waals surface area (Å²) < 4.78 is 0. The van der Waals surface area contributed by atoms with Crippen molar-refractivity contribution in [2.75, 3.05) is 11.9 Å². The van der Waals surface area contributed by atoms with Crippen LogP contribution in [-0.2, 0) is 0 Å². The summed E-state index contributed by atoms with van der Waals surface area (Å²) in [5, 5.41) is 14.9. The van der Waals surface area contributed by atoms with Gasteiger partial charge in [-0.3, -0.25) is 10.1 Å². The highest BCUT2D eigenvalue weighted by Gasteiger charge is 2.23. The molecule has 1 N–H and O–H groups in total. The van der Waals surface area contributed by atoms with Crippen LogP contribution in [0.15, 0.2) is 5.03 Å². The van der Waals surface area contributed by atoms with Gasteiger partial charge in [0.1, 0.15) is 5.69 Å². The van der Waals surface area contributed by atoms with Crippen molar-refractivity contribution in [1.29, 1.82) is 0 Å². The van der Waals surface area contributed by atoms with Crippen LogP contribution >= 0.6 is 11.8 Å². The average molecular weight is 284 g/mol. The largest absolute Gasteiger partial charge is 0.354 e. The second-order valence-electron chi connectivity index (χ2n) is 4.31. The zero-order chi connectivity index (χ0) is 14.4. The fraction of sp³-hybridized carbons (Fsp3) is 0.667. The van der Waals surface area contributed by atoms with Gasteiger partial charge in [-0.15, -0.1) is 0 Å². The van der Waals surface area contributed by atoms with E-state index in [0.717, 1.165) is 19.4 Å². The van der Waals surface area contributed by atoms with E-state index in [1.54, 1.807) is 6.92 Å². The maximum absolute atomic E-state index is 11.1. The zero-order valence-electron chi connectivity index (χ0n) is 11.8. The van der Waals surface area contributed by atoms with Crippen LogP contribution in [0, 0.1) is 17.0 Å². The second-order valence-corrected chi connectivity index (χ2v) is 5.73. The first kappa shape index (κ1) is 15.7. The molecule has 1 atom stereocenters. The molecule has 0 amide bonds. The van der Waals surface area contributed by atoms with Crippen LogP contribution in [0.4, 0.5) is 11.6 Å². The van der Waals surface area contributed by atoms with E-state index in [0.29, 0.717) is 16.7 Å². The molecule has 19 heavy (non-hydrogen) atoms. The molecular formula is C12H20N4O2S. The molecule has 0 bridgehead atoms. The van der Waals surface area contributed by atoms with Gasteiger partial charge in [0.05, 0.1) is 4.92 Å². The summed E-state index contributed by atoms with van der Waals surface area (Å²) in [6.07, 6.45) is 1.88. The van der Waals surface area contributed by atoms with E-state index in [2.05, 4.69) is 15.3 Å². The SMILES string of the molecule is CCCNc1nc(C)c([N+](=O)[O-])c(SC(C)CC)n1. The molecule has 0 fully saturated rings. The van der Waals surface area contributed by atoms with Gasteiger partial charge in [-0.05, 0) is 19.8 Å². The lowest BCUT2D eigenvalue weighted by Crippen LogP contribution is -2.09. The molecule has 1 aromatic heterocycles. The first-order chi connectivity index (χ1) is 8.99. The Bertz CT molecular complexity index is 454. The van der Waals surface area contributed by atoms with Crippen LogP contribution in [-0.4, -0.2) is 26.7 Å². The van der Waals surface area contributed by atoms with Crippen molar-refractivity contribution in [2.24, 2.45) is 0 Å². The molecule has 6 nitrogen and oxygen atoms in total. The van der Waals surface area contributed by atoms with Gasteiger partial charge in [0.15, 0.2) is 5.03 Å². The summed E-state index contributed by atoms with van der Waals surface area (Å²) in [4.78, 5) is 19.2. The van der Waals surface area contributed by atoms with Gasteiger partial charge in [0.2, 0.25) is 5.95 Å². The monoisotopic (exact) mass is 284 g/mol. The molecule has 0 radical (unpaired) electrons. The van der Waals surface area contributed by atoms with E-state index in [1.807, 2.05) is 20.8 Å². The van der Waals surface area contributed by atoms with Gasteiger partial charge in [-0.25, -0.2) is 4.98 Å². The molecule has 0 saturated heterocycles. The number of nitro groups is 1. The number of rotatable bonds is 7. The summed E-state index contributed by atoms with van der Waals surface area (Å²) in [6.45, 7) is 8.53. The molecule has 1 heterocycles. The summed E-state index contributed by atoms with van der Waals surface area (Å²) in [7, 11) is 0. The quantitative estimate of drug-likeness (QED) is 0.357. The Morgan fingerprint density at radius 1 is 1.42 bits per heavy atom. The first-order valence-corrected chi connectivity index (χ1v) is 7.31. The van der Waals surface area contributed by atoms with Crippen molar-refractivity contribution in [3.05, 3.63) is 15.8 Å². The molecule has 0 aromatic carbocycles. The van der Waals surface area contributed by atoms with E-state index in [-0.39, 0.29) is 10.9 Å². The highest BCUT2D eigenvalue weighted by atomic mass is 32.2. The second kappa shape index (κ2) is 7.28. The lowest BCUT2D eigenvalue weighted by Gasteiger charge is -2.11. The van der Waals surface area contributed by atoms with Crippen LogP contribution < -0.4 is 5.32 Å². The lowest BCUT2D eigenvalue weighted by molar-refractivity contribution is -0.389. The molecule has 1 rings (SSSR count). The topological polar surface area (TPSA) is 81.0 Å². The molecule has 0 aliphatic rings. The Balaban J connectivity index is 3.13. The molecular weight excluding hydrogens is 264 g/mol. The van der Waals surface area contributed by atoms with E-state index in [4.69, 9.17) is 0 Å². The maximum atomic E-state index is 11.1. The number of aryl methyl sites for hydroxylation is 1. The first-order valence-electron chi connectivity index (χ1n) is 6.43. The van der Waals surface area contributed by atoms with Crippen molar-refractivity contribution >= 4 is 23.4 Å². The number of hydrogen-bond acceptors (Lipinski definition) is 6. The standard InChI is InChI=1S/C12H20N4O2S/c1-5-7-13-12-14-9(4)10(16(17)18)11(15-12)19-8(3)6-2/h8H,5-7H2,1-4H3,(H,13,14,15).